The van der Waals surface area contributed by atoms with E-state index in [0.29, 0.717) is 5.92 Å². The van der Waals surface area contributed by atoms with E-state index in [1.807, 2.05) is 0 Å². The van der Waals surface area contributed by atoms with Crippen molar-refractivity contribution >= 4 is 15.9 Å². The summed E-state index contributed by atoms with van der Waals surface area (Å²) >= 11 is 3.49. The van der Waals surface area contributed by atoms with Gasteiger partial charge in [0.2, 0.25) is 0 Å². The summed E-state index contributed by atoms with van der Waals surface area (Å²) in [5, 5.41) is 8.17. The van der Waals surface area contributed by atoms with E-state index in [1.165, 1.54) is 23.2 Å². The third-order valence-electron chi connectivity index (χ3n) is 4.11. The van der Waals surface area contributed by atoms with Crippen LogP contribution in [0.1, 0.15) is 17.8 Å². The molecule has 0 bridgehead atoms. The fourth-order valence-corrected chi connectivity index (χ4v) is 3.29. The molecule has 0 saturated carbocycles. The minimum absolute atomic E-state index is 0.714. The number of nitrogens with zero attached hydrogens (tertiary/aromatic N) is 2. The van der Waals surface area contributed by atoms with Gasteiger partial charge >= 0.3 is 0 Å². The van der Waals surface area contributed by atoms with Gasteiger partial charge in [0.1, 0.15) is 0 Å². The van der Waals surface area contributed by atoms with Crippen LogP contribution in [0.5, 0.6) is 0 Å². The van der Waals surface area contributed by atoms with Crippen molar-refractivity contribution in [2.75, 3.05) is 13.1 Å². The second-order valence-corrected chi connectivity index (χ2v) is 6.51. The van der Waals surface area contributed by atoms with Gasteiger partial charge in [-0.05, 0) is 57.0 Å². The predicted molar refractivity (Wildman–Crippen MR) is 85.8 cm³/mol. The van der Waals surface area contributed by atoms with Crippen LogP contribution in [0, 0.1) is 19.8 Å². The van der Waals surface area contributed by atoms with E-state index in [0.717, 1.165) is 29.8 Å². The second kappa shape index (κ2) is 5.70. The van der Waals surface area contributed by atoms with Crippen molar-refractivity contribution in [3.8, 4) is 11.1 Å². The Kier molecular flexibility index (Phi) is 3.94. The van der Waals surface area contributed by atoms with Crippen LogP contribution in [0.25, 0.3) is 11.1 Å². The Balaban J connectivity index is 1.91. The van der Waals surface area contributed by atoms with E-state index in [2.05, 4.69) is 64.0 Å². The standard InChI is InChI=1S/C16H20BrN3/c1-11-16(14-3-5-15(17)6-4-14)12(2)20(19-11)10-13-7-8-18-9-13/h3-6,13,18H,7-10H2,1-2H3. The van der Waals surface area contributed by atoms with E-state index in [-0.39, 0.29) is 0 Å². The lowest BCUT2D eigenvalue weighted by molar-refractivity contribution is 0.441. The molecule has 1 atom stereocenters. The van der Waals surface area contributed by atoms with Gasteiger partial charge in [0.15, 0.2) is 0 Å². The van der Waals surface area contributed by atoms with Gasteiger partial charge in [-0.3, -0.25) is 4.68 Å². The third kappa shape index (κ3) is 2.67. The highest BCUT2D eigenvalue weighted by molar-refractivity contribution is 9.10. The van der Waals surface area contributed by atoms with Crippen LogP contribution in [0.15, 0.2) is 28.7 Å². The Morgan fingerprint density at radius 1 is 1.30 bits per heavy atom. The highest BCUT2D eigenvalue weighted by atomic mass is 79.9. The maximum absolute atomic E-state index is 4.75. The number of hydrogen-bond acceptors (Lipinski definition) is 2. The van der Waals surface area contributed by atoms with Crippen molar-refractivity contribution < 1.29 is 0 Å². The number of halogens is 1. The molecule has 2 heterocycles. The lowest BCUT2D eigenvalue weighted by atomic mass is 10.0. The molecule has 1 aromatic carbocycles. The van der Waals surface area contributed by atoms with Crippen LogP contribution < -0.4 is 5.32 Å². The normalized spacial score (nSPS) is 18.6. The molecule has 4 heteroatoms. The second-order valence-electron chi connectivity index (χ2n) is 5.59. The van der Waals surface area contributed by atoms with Gasteiger partial charge in [-0.25, -0.2) is 0 Å². The molecule has 0 spiro atoms. The summed E-state index contributed by atoms with van der Waals surface area (Å²) in [5.41, 5.74) is 4.93. The molecule has 3 nitrogen and oxygen atoms in total. The van der Waals surface area contributed by atoms with Gasteiger partial charge in [0, 0.05) is 22.3 Å². The largest absolute Gasteiger partial charge is 0.316 e. The lowest BCUT2D eigenvalue weighted by Gasteiger charge is -2.10. The van der Waals surface area contributed by atoms with Crippen molar-refractivity contribution in [3.63, 3.8) is 0 Å². The van der Waals surface area contributed by atoms with Crippen molar-refractivity contribution in [1.82, 2.24) is 15.1 Å². The van der Waals surface area contributed by atoms with Crippen LogP contribution >= 0.6 is 15.9 Å². The number of nitrogens with one attached hydrogen (secondary N) is 1. The van der Waals surface area contributed by atoms with Gasteiger partial charge in [-0.15, -0.1) is 0 Å². The average Bonchev–Trinajstić information content (AvgIpc) is 3.02. The summed E-state index contributed by atoms with van der Waals surface area (Å²) in [6.07, 6.45) is 1.26. The fourth-order valence-electron chi connectivity index (χ4n) is 3.02. The zero-order valence-electron chi connectivity index (χ0n) is 12.0. The highest BCUT2D eigenvalue weighted by Crippen LogP contribution is 2.28. The first-order valence-corrected chi connectivity index (χ1v) is 7.95. The predicted octanol–water partition coefficient (Wildman–Crippen LogP) is 3.54. The van der Waals surface area contributed by atoms with Crippen molar-refractivity contribution in [1.29, 1.82) is 0 Å². The summed E-state index contributed by atoms with van der Waals surface area (Å²) in [7, 11) is 0. The van der Waals surface area contributed by atoms with E-state index in [1.54, 1.807) is 0 Å². The molecular formula is C16H20BrN3. The molecule has 0 radical (unpaired) electrons. The molecule has 1 aliphatic rings. The molecule has 2 aromatic rings. The summed E-state index contributed by atoms with van der Waals surface area (Å²) in [6, 6.07) is 8.49. The Hall–Kier alpha value is -1.13. The topological polar surface area (TPSA) is 29.9 Å². The van der Waals surface area contributed by atoms with Crippen LogP contribution in [-0.4, -0.2) is 22.9 Å². The zero-order valence-corrected chi connectivity index (χ0v) is 13.6. The fraction of sp³-hybridized carbons (Fsp3) is 0.438. The van der Waals surface area contributed by atoms with Gasteiger partial charge in [-0.2, -0.15) is 5.10 Å². The molecule has 1 N–H and O–H groups in total. The molecule has 3 rings (SSSR count). The Morgan fingerprint density at radius 2 is 2.05 bits per heavy atom. The Morgan fingerprint density at radius 3 is 2.70 bits per heavy atom. The van der Waals surface area contributed by atoms with E-state index in [9.17, 15) is 0 Å². The molecule has 0 aliphatic carbocycles. The molecule has 106 valence electrons. The van der Waals surface area contributed by atoms with Crippen molar-refractivity contribution in [2.24, 2.45) is 5.92 Å². The number of aromatic nitrogens is 2. The minimum atomic E-state index is 0.714. The van der Waals surface area contributed by atoms with Gasteiger partial charge < -0.3 is 5.32 Å². The summed E-state index contributed by atoms with van der Waals surface area (Å²) in [6.45, 7) is 7.57. The van der Waals surface area contributed by atoms with Gasteiger partial charge in [0.05, 0.1) is 5.69 Å². The summed E-state index contributed by atoms with van der Waals surface area (Å²) < 4.78 is 3.30. The first-order valence-electron chi connectivity index (χ1n) is 7.16. The quantitative estimate of drug-likeness (QED) is 0.930. The molecule has 0 amide bonds. The lowest BCUT2D eigenvalue weighted by Crippen LogP contribution is -2.16. The highest BCUT2D eigenvalue weighted by Gasteiger charge is 2.19. The zero-order chi connectivity index (χ0) is 14.1. The van der Waals surface area contributed by atoms with Crippen LogP contribution in [0.2, 0.25) is 0 Å². The molecule has 1 unspecified atom stereocenters. The minimum Gasteiger partial charge on any atom is -0.316 e. The molecule has 1 aromatic heterocycles. The summed E-state index contributed by atoms with van der Waals surface area (Å²) in [4.78, 5) is 0. The van der Waals surface area contributed by atoms with Crippen molar-refractivity contribution in [3.05, 3.63) is 40.1 Å². The van der Waals surface area contributed by atoms with Crippen molar-refractivity contribution in [2.45, 2.75) is 26.8 Å². The maximum atomic E-state index is 4.75. The number of benzene rings is 1. The first kappa shape index (κ1) is 13.8. The molecule has 1 aliphatic heterocycles. The number of rotatable bonds is 3. The van der Waals surface area contributed by atoms with E-state index < -0.39 is 0 Å². The molecule has 20 heavy (non-hydrogen) atoms. The third-order valence-corrected chi connectivity index (χ3v) is 4.64. The average molecular weight is 334 g/mol. The Bertz CT molecular complexity index is 595. The monoisotopic (exact) mass is 333 g/mol. The summed E-state index contributed by atoms with van der Waals surface area (Å²) in [5.74, 6) is 0.714. The van der Waals surface area contributed by atoms with Crippen LogP contribution in [0.4, 0.5) is 0 Å². The van der Waals surface area contributed by atoms with Crippen LogP contribution in [-0.2, 0) is 6.54 Å². The first-order chi connectivity index (χ1) is 9.65. The smallest absolute Gasteiger partial charge is 0.0674 e. The van der Waals surface area contributed by atoms with Crippen LogP contribution in [0.3, 0.4) is 0 Å². The molecular weight excluding hydrogens is 314 g/mol. The molecule has 1 fully saturated rings. The number of aryl methyl sites for hydroxylation is 1. The van der Waals surface area contributed by atoms with Gasteiger partial charge in [-0.1, -0.05) is 28.1 Å². The SMILES string of the molecule is Cc1nn(CC2CCNC2)c(C)c1-c1ccc(Br)cc1. The van der Waals surface area contributed by atoms with E-state index in [4.69, 9.17) is 5.10 Å². The van der Waals surface area contributed by atoms with E-state index >= 15 is 0 Å². The Labute approximate surface area is 128 Å². The van der Waals surface area contributed by atoms with Gasteiger partial charge in [0.25, 0.3) is 0 Å². The molecule has 1 saturated heterocycles. The maximum Gasteiger partial charge on any atom is 0.0674 e. The number of hydrogen-bond donors (Lipinski definition) is 1.